The van der Waals surface area contributed by atoms with E-state index in [1.54, 1.807) is 0 Å². The first-order valence-corrected chi connectivity index (χ1v) is 10.4. The van der Waals surface area contributed by atoms with Crippen molar-refractivity contribution in [2.45, 2.75) is 52.0 Å². The molecule has 1 aromatic carbocycles. The summed E-state index contributed by atoms with van der Waals surface area (Å²) in [5.74, 6) is 2.75. The molecule has 162 valence electrons. The Balaban J connectivity index is 0.00000300. The first-order valence-electron chi connectivity index (χ1n) is 10.4. The van der Waals surface area contributed by atoms with Crippen LogP contribution in [0, 0.1) is 0 Å². The highest BCUT2D eigenvalue weighted by Gasteiger charge is 2.26. The lowest BCUT2D eigenvalue weighted by Gasteiger charge is -2.26. The number of rotatable bonds is 9. The van der Waals surface area contributed by atoms with E-state index in [-0.39, 0.29) is 24.0 Å². The summed E-state index contributed by atoms with van der Waals surface area (Å²) in [6.45, 7) is 7.72. The van der Waals surface area contributed by atoms with E-state index < -0.39 is 0 Å². The van der Waals surface area contributed by atoms with Gasteiger partial charge in [-0.05, 0) is 50.3 Å². The van der Waals surface area contributed by atoms with Crippen molar-refractivity contribution in [1.29, 1.82) is 0 Å². The van der Waals surface area contributed by atoms with Crippen molar-refractivity contribution in [2.24, 2.45) is 4.99 Å². The summed E-state index contributed by atoms with van der Waals surface area (Å²) >= 11 is 0. The van der Waals surface area contributed by atoms with Crippen molar-refractivity contribution < 1.29 is 14.3 Å². The molecule has 2 aliphatic rings. The number of likely N-dealkylation sites (tertiary alicyclic amines) is 1. The molecule has 0 saturated carbocycles. The van der Waals surface area contributed by atoms with Crippen LogP contribution < -0.4 is 20.1 Å². The predicted molar refractivity (Wildman–Crippen MR) is 125 cm³/mol. The van der Waals surface area contributed by atoms with Crippen molar-refractivity contribution in [3.05, 3.63) is 23.8 Å². The molecule has 1 saturated heterocycles. The van der Waals surface area contributed by atoms with Crippen molar-refractivity contribution in [3.8, 4) is 11.5 Å². The molecule has 2 heterocycles. The molecular weight excluding hydrogens is 483 g/mol. The van der Waals surface area contributed by atoms with Gasteiger partial charge in [-0.25, -0.2) is 0 Å². The van der Waals surface area contributed by atoms with Gasteiger partial charge in [0.15, 0.2) is 17.5 Å². The molecule has 1 aromatic rings. The Hall–Kier alpha value is -1.71. The van der Waals surface area contributed by atoms with Gasteiger partial charge in [-0.2, -0.15) is 0 Å². The molecule has 29 heavy (non-hydrogen) atoms. The van der Waals surface area contributed by atoms with Crippen LogP contribution in [0.5, 0.6) is 11.5 Å². The molecule has 1 amide bonds. The van der Waals surface area contributed by atoms with Crippen molar-refractivity contribution >= 4 is 35.8 Å². The Labute approximate surface area is 190 Å². The third-order valence-corrected chi connectivity index (χ3v) is 5.24. The van der Waals surface area contributed by atoms with Gasteiger partial charge in [0.25, 0.3) is 0 Å². The van der Waals surface area contributed by atoms with Gasteiger partial charge in [-0.15, -0.1) is 24.0 Å². The van der Waals surface area contributed by atoms with Crippen LogP contribution >= 0.6 is 24.0 Å². The second-order valence-electron chi connectivity index (χ2n) is 7.17. The van der Waals surface area contributed by atoms with E-state index in [1.807, 2.05) is 17.0 Å². The Morgan fingerprint density at radius 2 is 2.07 bits per heavy atom. The van der Waals surface area contributed by atoms with Crippen LogP contribution in [0.25, 0.3) is 0 Å². The Kier molecular flexibility index (Phi) is 9.83. The number of benzene rings is 1. The fourth-order valence-electron chi connectivity index (χ4n) is 3.72. The molecule has 0 radical (unpaired) electrons. The van der Waals surface area contributed by atoms with E-state index in [2.05, 4.69) is 30.5 Å². The van der Waals surface area contributed by atoms with Crippen LogP contribution in [0.2, 0.25) is 0 Å². The van der Waals surface area contributed by atoms with Crippen LogP contribution in [0.15, 0.2) is 23.2 Å². The second-order valence-corrected chi connectivity index (χ2v) is 7.17. The Bertz CT molecular complexity index is 699. The molecule has 3 rings (SSSR count). The van der Waals surface area contributed by atoms with Crippen LogP contribution in [-0.2, 0) is 11.2 Å². The topological polar surface area (TPSA) is 75.2 Å². The summed E-state index contributed by atoms with van der Waals surface area (Å²) in [4.78, 5) is 18.7. The quantitative estimate of drug-likeness (QED) is 0.300. The lowest BCUT2D eigenvalue weighted by Crippen LogP contribution is -2.39. The number of hydrogen-bond donors (Lipinski definition) is 2. The number of guanidine groups is 1. The van der Waals surface area contributed by atoms with E-state index in [0.717, 1.165) is 62.8 Å². The van der Waals surface area contributed by atoms with Gasteiger partial charge >= 0.3 is 0 Å². The monoisotopic (exact) mass is 516 g/mol. The van der Waals surface area contributed by atoms with Crippen LogP contribution in [0.1, 0.15) is 45.1 Å². The van der Waals surface area contributed by atoms with Gasteiger partial charge in [-0.1, -0.05) is 13.0 Å². The molecule has 7 nitrogen and oxygen atoms in total. The zero-order valence-electron chi connectivity index (χ0n) is 17.4. The smallest absolute Gasteiger partial charge is 0.231 e. The molecular formula is C21H33IN4O3. The molecule has 0 spiro atoms. The van der Waals surface area contributed by atoms with Crippen LogP contribution in [0.4, 0.5) is 0 Å². The highest BCUT2D eigenvalue weighted by Crippen LogP contribution is 2.32. The SMILES string of the molecule is CCNC(=NCCC(CC)N1CCCC1=O)NCCc1ccc2c(c1)OCO2.I. The summed E-state index contributed by atoms with van der Waals surface area (Å²) < 4.78 is 10.8. The van der Waals surface area contributed by atoms with Crippen molar-refractivity contribution in [2.75, 3.05) is 33.0 Å². The maximum absolute atomic E-state index is 12.0. The minimum Gasteiger partial charge on any atom is -0.454 e. The number of aliphatic imine (C=N–C) groups is 1. The summed E-state index contributed by atoms with van der Waals surface area (Å²) in [5, 5.41) is 6.69. The van der Waals surface area contributed by atoms with E-state index in [1.165, 1.54) is 5.56 Å². The number of fused-ring (bicyclic) bond motifs is 1. The molecule has 2 N–H and O–H groups in total. The third-order valence-electron chi connectivity index (χ3n) is 5.24. The molecule has 8 heteroatoms. The summed E-state index contributed by atoms with van der Waals surface area (Å²) in [6, 6.07) is 6.36. The minimum atomic E-state index is 0. The fraction of sp³-hybridized carbons (Fsp3) is 0.619. The summed E-state index contributed by atoms with van der Waals surface area (Å²) in [5.41, 5.74) is 1.20. The van der Waals surface area contributed by atoms with Crippen LogP contribution in [-0.4, -0.2) is 55.8 Å². The zero-order chi connectivity index (χ0) is 19.8. The average Bonchev–Trinajstić information content (AvgIpc) is 3.33. The Morgan fingerprint density at radius 3 is 2.79 bits per heavy atom. The second kappa shape index (κ2) is 12.1. The van der Waals surface area contributed by atoms with Gasteiger partial charge in [-0.3, -0.25) is 9.79 Å². The summed E-state index contributed by atoms with van der Waals surface area (Å²) in [6.07, 6.45) is 4.45. The predicted octanol–water partition coefficient (Wildman–Crippen LogP) is 2.92. The highest BCUT2D eigenvalue weighted by atomic mass is 127. The number of carbonyl (C=O) groups is 1. The number of nitrogens with zero attached hydrogens (tertiary/aromatic N) is 2. The number of halogens is 1. The third kappa shape index (κ3) is 6.65. The minimum absolute atomic E-state index is 0. The average molecular weight is 516 g/mol. The lowest BCUT2D eigenvalue weighted by atomic mass is 10.1. The largest absolute Gasteiger partial charge is 0.454 e. The molecule has 1 atom stereocenters. The zero-order valence-corrected chi connectivity index (χ0v) is 19.7. The lowest BCUT2D eigenvalue weighted by molar-refractivity contribution is -0.129. The van der Waals surface area contributed by atoms with Crippen molar-refractivity contribution in [1.82, 2.24) is 15.5 Å². The fourth-order valence-corrected chi connectivity index (χ4v) is 3.72. The Morgan fingerprint density at radius 1 is 1.24 bits per heavy atom. The van der Waals surface area contributed by atoms with Gasteiger partial charge in [0.2, 0.25) is 12.7 Å². The maximum atomic E-state index is 12.0. The molecule has 1 unspecified atom stereocenters. The molecule has 1 fully saturated rings. The maximum Gasteiger partial charge on any atom is 0.231 e. The number of ether oxygens (including phenoxy) is 2. The first-order chi connectivity index (χ1) is 13.7. The van der Waals surface area contributed by atoms with Gasteiger partial charge < -0.3 is 25.0 Å². The highest BCUT2D eigenvalue weighted by molar-refractivity contribution is 14.0. The number of carbonyl (C=O) groups excluding carboxylic acids is 1. The molecule has 2 aliphatic heterocycles. The number of hydrogen-bond acceptors (Lipinski definition) is 4. The number of amides is 1. The van der Waals surface area contributed by atoms with E-state index in [4.69, 9.17) is 14.5 Å². The van der Waals surface area contributed by atoms with Gasteiger partial charge in [0.05, 0.1) is 0 Å². The van der Waals surface area contributed by atoms with Crippen LogP contribution in [0.3, 0.4) is 0 Å². The van der Waals surface area contributed by atoms with E-state index in [0.29, 0.717) is 31.7 Å². The standard InChI is InChI=1S/C21H32N4O3.HI/c1-3-17(25-13-5-6-20(25)26)10-12-24-21(22-4-2)23-11-9-16-7-8-18-19(14-16)28-15-27-18;/h7-8,14,17H,3-6,9-13,15H2,1-2H3,(H2,22,23,24);1H. The van der Waals surface area contributed by atoms with Gasteiger partial charge in [0, 0.05) is 38.6 Å². The molecule has 0 aliphatic carbocycles. The van der Waals surface area contributed by atoms with Crippen molar-refractivity contribution in [3.63, 3.8) is 0 Å². The van der Waals surface area contributed by atoms with E-state index in [9.17, 15) is 4.79 Å². The normalized spacial score (nSPS) is 16.6. The summed E-state index contributed by atoms with van der Waals surface area (Å²) in [7, 11) is 0. The van der Waals surface area contributed by atoms with E-state index >= 15 is 0 Å². The molecule has 0 aromatic heterocycles. The van der Waals surface area contributed by atoms with Gasteiger partial charge in [0.1, 0.15) is 0 Å². The molecule has 0 bridgehead atoms. The first kappa shape index (κ1) is 23.6. The number of nitrogens with one attached hydrogen (secondary N) is 2.